The zero-order valence-electron chi connectivity index (χ0n) is 9.79. The van der Waals surface area contributed by atoms with E-state index in [9.17, 15) is 30.7 Å². The number of hydrogen-bond donors (Lipinski definition) is 0. The highest BCUT2D eigenvalue weighted by molar-refractivity contribution is 5.12. The largest absolute Gasteiger partial charge is 0.486 e. The van der Waals surface area contributed by atoms with Crippen LogP contribution in [0.2, 0.25) is 0 Å². The summed E-state index contributed by atoms with van der Waals surface area (Å²) < 4.78 is 94.6. The van der Waals surface area contributed by atoms with Crippen LogP contribution in [0.25, 0.3) is 0 Å². The zero-order valence-corrected chi connectivity index (χ0v) is 9.79. The Morgan fingerprint density at radius 1 is 1.11 bits per heavy atom. The van der Waals surface area contributed by atoms with E-state index in [1.54, 1.807) is 6.92 Å². The quantitative estimate of drug-likeness (QED) is 0.581. The summed E-state index contributed by atoms with van der Waals surface area (Å²) >= 11 is 0. The van der Waals surface area contributed by atoms with E-state index in [2.05, 4.69) is 4.74 Å². The lowest BCUT2D eigenvalue weighted by Gasteiger charge is -2.40. The van der Waals surface area contributed by atoms with E-state index in [0.29, 0.717) is 6.42 Å². The molecule has 0 spiro atoms. The van der Waals surface area contributed by atoms with E-state index in [4.69, 9.17) is 4.74 Å². The van der Waals surface area contributed by atoms with Crippen molar-refractivity contribution in [1.29, 1.82) is 0 Å². The van der Waals surface area contributed by atoms with Crippen LogP contribution < -0.4 is 0 Å². The topological polar surface area (TPSA) is 18.5 Å². The Morgan fingerprint density at radius 3 is 1.89 bits per heavy atom. The van der Waals surface area contributed by atoms with Gasteiger partial charge in [-0.1, -0.05) is 6.92 Å². The molecule has 0 unspecified atom stereocenters. The summed E-state index contributed by atoms with van der Waals surface area (Å²) in [6.45, 7) is 1.09. The molecule has 1 aliphatic heterocycles. The second kappa shape index (κ2) is 5.18. The lowest BCUT2D eigenvalue weighted by Crippen LogP contribution is -2.46. The second-order valence-electron chi connectivity index (χ2n) is 4.27. The molecule has 1 saturated heterocycles. The molecule has 0 radical (unpaired) electrons. The minimum absolute atomic E-state index is 0.0717. The van der Waals surface area contributed by atoms with Crippen LogP contribution in [0.3, 0.4) is 0 Å². The Morgan fingerprint density at radius 2 is 1.63 bits per heavy atom. The minimum Gasteiger partial charge on any atom is -0.486 e. The molecule has 112 valence electrons. The van der Waals surface area contributed by atoms with Gasteiger partial charge < -0.3 is 9.47 Å². The lowest BCUT2D eigenvalue weighted by atomic mass is 9.84. The fourth-order valence-electron chi connectivity index (χ4n) is 1.40. The van der Waals surface area contributed by atoms with E-state index in [-0.39, 0.29) is 13.2 Å². The molecule has 0 amide bonds. The van der Waals surface area contributed by atoms with Gasteiger partial charge in [-0.2, -0.15) is 30.7 Å². The molecule has 0 bridgehead atoms. The van der Waals surface area contributed by atoms with Gasteiger partial charge in [0.1, 0.15) is 0 Å². The molecule has 1 fully saturated rings. The monoisotopic (exact) mass is 296 g/mol. The summed E-state index contributed by atoms with van der Waals surface area (Å²) in [5, 5.41) is 0. The van der Waals surface area contributed by atoms with E-state index in [0.717, 1.165) is 0 Å². The molecular formula is C10H11F7O2. The van der Waals surface area contributed by atoms with E-state index >= 15 is 0 Å². The molecule has 0 atom stereocenters. The molecule has 19 heavy (non-hydrogen) atoms. The maximum atomic E-state index is 12.7. The Balaban J connectivity index is 2.89. The van der Waals surface area contributed by atoms with Crippen molar-refractivity contribution in [3.8, 4) is 0 Å². The number of hydrogen-bond acceptors (Lipinski definition) is 2. The minimum atomic E-state index is -5.74. The Kier molecular flexibility index (Phi) is 4.38. The number of ether oxygens (including phenoxy) is 2. The number of allylic oxidation sites excluding steroid dienone is 2. The van der Waals surface area contributed by atoms with E-state index in [1.807, 2.05) is 0 Å². The van der Waals surface area contributed by atoms with Gasteiger partial charge in [-0.3, -0.25) is 0 Å². The summed E-state index contributed by atoms with van der Waals surface area (Å²) in [6, 6.07) is 0. The molecule has 9 heteroatoms. The maximum absolute atomic E-state index is 12.7. The number of halogens is 7. The standard InChI is InChI=1S/C10H11F7O2/c1-2-8(3-18-4-8)5-19-7(10(15,16)17)6(11)9(12,13)14/h2-5H2,1H3. The van der Waals surface area contributed by atoms with Gasteiger partial charge in [-0.05, 0) is 6.42 Å². The lowest BCUT2D eigenvalue weighted by molar-refractivity contribution is -0.183. The van der Waals surface area contributed by atoms with Crippen LogP contribution in [0.5, 0.6) is 0 Å². The van der Waals surface area contributed by atoms with Crippen molar-refractivity contribution in [3.63, 3.8) is 0 Å². The van der Waals surface area contributed by atoms with Gasteiger partial charge in [-0.15, -0.1) is 0 Å². The molecule has 0 aromatic rings. The van der Waals surface area contributed by atoms with Crippen LogP contribution in [0.15, 0.2) is 11.6 Å². The Labute approximate surface area is 104 Å². The predicted octanol–water partition coefficient (Wildman–Crippen LogP) is 3.74. The van der Waals surface area contributed by atoms with Crippen LogP contribution in [0, 0.1) is 5.41 Å². The van der Waals surface area contributed by atoms with Gasteiger partial charge in [0, 0.05) is 0 Å². The normalized spacial score (nSPS) is 20.6. The van der Waals surface area contributed by atoms with Gasteiger partial charge in [0.15, 0.2) is 0 Å². The second-order valence-corrected chi connectivity index (χ2v) is 4.27. The molecule has 0 aliphatic carbocycles. The maximum Gasteiger partial charge on any atom is 0.452 e. The molecule has 1 heterocycles. The molecular weight excluding hydrogens is 285 g/mol. The first kappa shape index (κ1) is 16.1. The molecule has 0 aromatic carbocycles. The fourth-order valence-corrected chi connectivity index (χ4v) is 1.40. The summed E-state index contributed by atoms with van der Waals surface area (Å²) in [6.07, 6.45) is -10.9. The highest BCUT2D eigenvalue weighted by Gasteiger charge is 2.50. The summed E-state index contributed by atoms with van der Waals surface area (Å²) in [4.78, 5) is 0. The first-order chi connectivity index (χ1) is 8.52. The molecule has 1 rings (SSSR count). The van der Waals surface area contributed by atoms with Crippen molar-refractivity contribution in [2.24, 2.45) is 5.41 Å². The van der Waals surface area contributed by atoms with Crippen LogP contribution in [-0.2, 0) is 9.47 Å². The van der Waals surface area contributed by atoms with Gasteiger partial charge in [-0.25, -0.2) is 0 Å². The van der Waals surface area contributed by atoms with E-state index in [1.165, 1.54) is 0 Å². The zero-order chi connectivity index (χ0) is 14.9. The first-order valence-corrected chi connectivity index (χ1v) is 5.26. The third kappa shape index (κ3) is 3.74. The molecule has 1 aliphatic rings. The molecule has 0 aromatic heterocycles. The van der Waals surface area contributed by atoms with Gasteiger partial charge in [0.25, 0.3) is 5.83 Å². The Hall–Kier alpha value is -0.990. The predicted molar refractivity (Wildman–Crippen MR) is 49.7 cm³/mol. The van der Waals surface area contributed by atoms with Gasteiger partial charge in [0.05, 0.1) is 25.2 Å². The average molecular weight is 296 g/mol. The van der Waals surface area contributed by atoms with Crippen molar-refractivity contribution >= 4 is 0 Å². The average Bonchev–Trinajstić information content (AvgIpc) is 2.18. The molecule has 2 nitrogen and oxygen atoms in total. The van der Waals surface area contributed by atoms with Crippen molar-refractivity contribution in [3.05, 3.63) is 11.6 Å². The first-order valence-electron chi connectivity index (χ1n) is 5.26. The number of rotatable bonds is 4. The van der Waals surface area contributed by atoms with Gasteiger partial charge >= 0.3 is 12.4 Å². The van der Waals surface area contributed by atoms with Crippen molar-refractivity contribution in [1.82, 2.24) is 0 Å². The molecule has 0 saturated carbocycles. The van der Waals surface area contributed by atoms with Crippen molar-refractivity contribution in [2.75, 3.05) is 19.8 Å². The summed E-state index contributed by atoms with van der Waals surface area (Å²) in [5.74, 6) is -5.91. The summed E-state index contributed by atoms with van der Waals surface area (Å²) in [5.41, 5.74) is -0.789. The van der Waals surface area contributed by atoms with E-state index < -0.39 is 36.0 Å². The van der Waals surface area contributed by atoms with Crippen molar-refractivity contribution in [2.45, 2.75) is 25.7 Å². The van der Waals surface area contributed by atoms with Crippen molar-refractivity contribution < 1.29 is 40.2 Å². The third-order valence-electron chi connectivity index (χ3n) is 2.79. The van der Waals surface area contributed by atoms with Gasteiger partial charge in [0.2, 0.25) is 5.76 Å². The fraction of sp³-hybridized carbons (Fsp3) is 0.800. The van der Waals surface area contributed by atoms with Crippen LogP contribution in [0.4, 0.5) is 30.7 Å². The third-order valence-corrected chi connectivity index (χ3v) is 2.79. The highest BCUT2D eigenvalue weighted by Crippen LogP contribution is 2.40. The Bertz CT molecular complexity index is 346. The van der Waals surface area contributed by atoms with Crippen LogP contribution in [-0.4, -0.2) is 32.2 Å². The highest BCUT2D eigenvalue weighted by atomic mass is 19.4. The smallest absolute Gasteiger partial charge is 0.452 e. The van der Waals surface area contributed by atoms with Crippen LogP contribution in [0.1, 0.15) is 13.3 Å². The number of alkyl halides is 6. The molecule has 0 N–H and O–H groups in total. The SMILES string of the molecule is CCC1(COC(=C(F)C(F)(F)F)C(F)(F)F)COC1. The summed E-state index contributed by atoms with van der Waals surface area (Å²) in [7, 11) is 0. The van der Waals surface area contributed by atoms with Crippen LogP contribution >= 0.6 is 0 Å².